The van der Waals surface area contributed by atoms with Crippen molar-refractivity contribution < 1.29 is 52.8 Å². The summed E-state index contributed by atoms with van der Waals surface area (Å²) < 4.78 is 31.2. The molecule has 11 nitrogen and oxygen atoms in total. The lowest BCUT2D eigenvalue weighted by atomic mass is 10.0. The Morgan fingerprint density at radius 3 is 0.598 bits per heavy atom. The zero-order chi connectivity index (χ0) is 77.7. The lowest BCUT2D eigenvalue weighted by Gasteiger charge is -2.35. The number of allylic oxidation sites excluding steroid dienone is 10. The summed E-state index contributed by atoms with van der Waals surface area (Å²) in [6.07, 6.45) is 89.6. The zero-order valence-electron chi connectivity index (χ0n) is 71.0. The van der Waals surface area contributed by atoms with Crippen molar-refractivity contribution in [3.63, 3.8) is 0 Å². The van der Waals surface area contributed by atoms with Gasteiger partial charge in [0.25, 0.3) is 0 Å². The quantitative estimate of drug-likeness (QED) is 0.0268. The number of esters is 5. The molecule has 0 aromatic carbocycles. The minimum absolute atomic E-state index is 0.0359. The number of aliphatic hydroxyl groups excluding tert-OH is 1. The molecule has 0 bridgehead atoms. The molecule has 0 radical (unpaired) electrons. The number of ether oxygens (including phenoxy) is 5. The van der Waals surface area contributed by atoms with E-state index in [-0.39, 0.29) is 32.1 Å². The van der Waals surface area contributed by atoms with Crippen LogP contribution >= 0.6 is 0 Å². The van der Waals surface area contributed by atoms with Crippen molar-refractivity contribution in [3.05, 3.63) is 60.8 Å². The van der Waals surface area contributed by atoms with Crippen molar-refractivity contribution in [2.45, 2.75) is 508 Å². The standard InChI is InChI=1S/C96H174O11/c1-6-11-16-21-26-31-36-41-46-51-56-61-66-71-76-81-90(98)103-87-89(105-92(100)83-78-73-68-63-58-53-48-43-38-33-28-23-18-13-8-3)96(107-94(102)85-80-75-70-65-60-55-50-45-40-35-30-25-20-15-10-5)95(106-93(101)84-79-74-69-64-59-54-49-44-39-34-29-24-19-14-9-4)88(86-97)104-91(99)82-77-72-67-62-57-52-47-42-37-32-27-22-17-12-7-2/h41-50,88-89,95-97H,6-40,51-87H2,1-5H3/b46-41+,47-42+,48-43+,49-44+,50-45+. The fourth-order valence-corrected chi connectivity index (χ4v) is 13.9. The Balaban J connectivity index is 6.75. The zero-order valence-corrected chi connectivity index (χ0v) is 71.0. The summed E-state index contributed by atoms with van der Waals surface area (Å²) in [7, 11) is 0. The molecule has 4 atom stereocenters. The highest BCUT2D eigenvalue weighted by molar-refractivity contribution is 5.73. The van der Waals surface area contributed by atoms with E-state index in [0.717, 1.165) is 193 Å². The average Bonchev–Trinajstić information content (AvgIpc) is 0.826. The molecule has 0 saturated carbocycles. The van der Waals surface area contributed by atoms with E-state index < -0.39 is 67.5 Å². The van der Waals surface area contributed by atoms with E-state index >= 15 is 0 Å². The topological polar surface area (TPSA) is 152 Å². The molecule has 0 rings (SSSR count). The number of hydrogen-bond donors (Lipinski definition) is 1. The molecule has 0 aromatic rings. The summed E-state index contributed by atoms with van der Waals surface area (Å²) >= 11 is 0. The third-order valence-electron chi connectivity index (χ3n) is 21.0. The molecule has 0 saturated heterocycles. The molecule has 0 spiro atoms. The second kappa shape index (κ2) is 86.0. The van der Waals surface area contributed by atoms with E-state index in [1.54, 1.807) is 0 Å². The van der Waals surface area contributed by atoms with E-state index in [2.05, 4.69) is 95.4 Å². The first-order valence-corrected chi connectivity index (χ1v) is 46.5. The van der Waals surface area contributed by atoms with E-state index in [9.17, 15) is 29.1 Å². The van der Waals surface area contributed by atoms with Gasteiger partial charge in [0.15, 0.2) is 24.4 Å². The molecule has 0 aromatic heterocycles. The Morgan fingerprint density at radius 1 is 0.215 bits per heavy atom. The van der Waals surface area contributed by atoms with Crippen LogP contribution in [0.5, 0.6) is 0 Å². The highest BCUT2D eigenvalue weighted by atomic mass is 16.6. The molecule has 0 fully saturated rings. The van der Waals surface area contributed by atoms with Gasteiger partial charge >= 0.3 is 29.8 Å². The number of unbranched alkanes of at least 4 members (excludes halogenated alkanes) is 55. The number of hydrogen-bond acceptors (Lipinski definition) is 11. The summed E-state index contributed by atoms with van der Waals surface area (Å²) in [4.78, 5) is 70.8. The second-order valence-electron chi connectivity index (χ2n) is 31.5. The van der Waals surface area contributed by atoms with Gasteiger partial charge in [-0.1, -0.05) is 352 Å². The summed E-state index contributed by atoms with van der Waals surface area (Å²) in [5.74, 6) is -2.86. The van der Waals surface area contributed by atoms with E-state index in [0.29, 0.717) is 32.1 Å². The molecule has 0 amide bonds. The SMILES string of the molecule is CCCCCCCC/C=C/CCCCCCCC(=O)OCC(OC(=O)CCCCCCC/C=C/CCCCCCCC)C(OC(=O)CCCCCCC/C=C/CCCCCCCC)C(OC(=O)CCCCCCC/C=C/CCCCCCCC)C(CO)OC(=O)CCCCCCC/C=C/CCCCCCCC. The van der Waals surface area contributed by atoms with Crippen LogP contribution in [0.3, 0.4) is 0 Å². The Hall–Kier alpha value is -3.99. The van der Waals surface area contributed by atoms with Crippen LogP contribution in [-0.4, -0.2) is 72.6 Å². The number of aliphatic hydroxyl groups is 1. The number of carbonyl (C=O) groups excluding carboxylic acids is 5. The molecule has 107 heavy (non-hydrogen) atoms. The van der Waals surface area contributed by atoms with Gasteiger partial charge in [-0.05, 0) is 161 Å². The van der Waals surface area contributed by atoms with Crippen molar-refractivity contribution in [3.8, 4) is 0 Å². The van der Waals surface area contributed by atoms with Crippen LogP contribution in [0.15, 0.2) is 60.8 Å². The van der Waals surface area contributed by atoms with E-state index in [1.807, 2.05) is 0 Å². The van der Waals surface area contributed by atoms with Gasteiger partial charge in [-0.15, -0.1) is 0 Å². The molecular formula is C96H174O11. The number of rotatable bonds is 85. The van der Waals surface area contributed by atoms with Crippen molar-refractivity contribution in [1.82, 2.24) is 0 Å². The van der Waals surface area contributed by atoms with Gasteiger partial charge in [0.2, 0.25) is 0 Å². The molecule has 0 aliphatic rings. The average molecular weight is 1500 g/mol. The fraction of sp³-hybridized carbons (Fsp3) is 0.844. The maximum atomic E-state index is 14.4. The third kappa shape index (κ3) is 75.8. The largest absolute Gasteiger partial charge is 0.462 e. The van der Waals surface area contributed by atoms with Gasteiger partial charge in [0, 0.05) is 32.1 Å². The minimum Gasteiger partial charge on any atom is -0.462 e. The van der Waals surface area contributed by atoms with Gasteiger partial charge in [0.1, 0.15) is 6.61 Å². The number of carbonyl (C=O) groups is 5. The third-order valence-corrected chi connectivity index (χ3v) is 21.0. The molecule has 1 N–H and O–H groups in total. The van der Waals surface area contributed by atoms with Crippen molar-refractivity contribution >= 4 is 29.8 Å². The fourth-order valence-electron chi connectivity index (χ4n) is 13.9. The van der Waals surface area contributed by atoms with Crippen molar-refractivity contribution in [2.75, 3.05) is 13.2 Å². The van der Waals surface area contributed by atoms with Gasteiger partial charge in [-0.25, -0.2) is 0 Å². The Labute approximate surface area is 661 Å². The highest BCUT2D eigenvalue weighted by Gasteiger charge is 2.45. The van der Waals surface area contributed by atoms with E-state index in [1.165, 1.54) is 193 Å². The monoisotopic (exact) mass is 1500 g/mol. The Kier molecular flexibility index (Phi) is 82.8. The van der Waals surface area contributed by atoms with Crippen LogP contribution < -0.4 is 0 Å². The van der Waals surface area contributed by atoms with Crippen LogP contribution in [0.1, 0.15) is 484 Å². The molecule has 11 heteroatoms. The molecule has 4 unspecified atom stereocenters. The predicted octanol–water partition coefficient (Wildman–Crippen LogP) is 29.4. The smallest absolute Gasteiger partial charge is 0.306 e. The first kappa shape index (κ1) is 103. The summed E-state index contributed by atoms with van der Waals surface area (Å²) in [6, 6.07) is 0. The summed E-state index contributed by atoms with van der Waals surface area (Å²) in [6.45, 7) is 10.0. The van der Waals surface area contributed by atoms with Crippen LogP contribution in [0.25, 0.3) is 0 Å². The Bertz CT molecular complexity index is 2080. The Morgan fingerprint density at radius 2 is 0.383 bits per heavy atom. The normalized spacial score (nSPS) is 13.1. The molecule has 0 aliphatic carbocycles. The first-order chi connectivity index (χ1) is 52.7. The molecular weight excluding hydrogens is 1330 g/mol. The molecule has 0 aliphatic heterocycles. The summed E-state index contributed by atoms with van der Waals surface area (Å²) in [5, 5.41) is 11.3. The van der Waals surface area contributed by atoms with Crippen molar-refractivity contribution in [1.29, 1.82) is 0 Å². The lowest BCUT2D eigenvalue weighted by molar-refractivity contribution is -0.208. The van der Waals surface area contributed by atoms with Gasteiger partial charge in [-0.3, -0.25) is 24.0 Å². The van der Waals surface area contributed by atoms with Gasteiger partial charge in [0.05, 0.1) is 6.61 Å². The molecule has 624 valence electrons. The highest BCUT2D eigenvalue weighted by Crippen LogP contribution is 2.25. The van der Waals surface area contributed by atoms with E-state index in [4.69, 9.17) is 23.7 Å². The summed E-state index contributed by atoms with van der Waals surface area (Å²) in [5.41, 5.74) is 0. The maximum absolute atomic E-state index is 14.4. The maximum Gasteiger partial charge on any atom is 0.306 e. The van der Waals surface area contributed by atoms with Gasteiger partial charge in [-0.2, -0.15) is 0 Å². The minimum atomic E-state index is -1.59. The van der Waals surface area contributed by atoms with Crippen LogP contribution in [0, 0.1) is 0 Å². The second-order valence-corrected chi connectivity index (χ2v) is 31.5. The van der Waals surface area contributed by atoms with Crippen LogP contribution in [0.2, 0.25) is 0 Å². The van der Waals surface area contributed by atoms with Crippen molar-refractivity contribution in [2.24, 2.45) is 0 Å². The predicted molar refractivity (Wildman–Crippen MR) is 455 cm³/mol. The van der Waals surface area contributed by atoms with Crippen LogP contribution in [-0.2, 0) is 47.7 Å². The first-order valence-electron chi connectivity index (χ1n) is 46.5. The lowest BCUT2D eigenvalue weighted by Crippen LogP contribution is -2.54. The van der Waals surface area contributed by atoms with Gasteiger partial charge < -0.3 is 28.8 Å². The molecule has 0 heterocycles. The van der Waals surface area contributed by atoms with Crippen LogP contribution in [0.4, 0.5) is 0 Å².